The van der Waals surface area contributed by atoms with E-state index in [0.29, 0.717) is 5.82 Å². The maximum absolute atomic E-state index is 11.5. The Bertz CT molecular complexity index is 1300. The van der Waals surface area contributed by atoms with E-state index in [1.165, 1.54) is 0 Å². The predicted molar refractivity (Wildman–Crippen MR) is 122 cm³/mol. The van der Waals surface area contributed by atoms with Crippen LogP contribution in [0.5, 0.6) is 0 Å². The quantitative estimate of drug-likeness (QED) is 0.664. The molecule has 1 heterocycles. The highest BCUT2D eigenvalue weighted by Crippen LogP contribution is 2.20. The third kappa shape index (κ3) is 3.38. The number of rotatable bonds is 2. The second-order valence-electron chi connectivity index (χ2n) is 7.05. The highest BCUT2D eigenvalue weighted by molar-refractivity contribution is 6.55. The molecule has 2 aliphatic rings. The van der Waals surface area contributed by atoms with Crippen LogP contribution in [-0.4, -0.2) is 17.2 Å². The number of ketones is 1. The number of benzene rings is 3. The highest BCUT2D eigenvalue weighted by atomic mass is 16.1. The summed E-state index contributed by atoms with van der Waals surface area (Å²) >= 11 is 0. The van der Waals surface area contributed by atoms with E-state index in [1.54, 1.807) is 12.2 Å². The number of carbonyl (C=O) groups excluding carboxylic acids is 1. The molecule has 0 bridgehead atoms. The van der Waals surface area contributed by atoms with Crippen LogP contribution >= 0.6 is 0 Å². The van der Waals surface area contributed by atoms with Crippen molar-refractivity contribution in [3.63, 3.8) is 0 Å². The molecule has 0 aromatic heterocycles. The summed E-state index contributed by atoms with van der Waals surface area (Å²) in [7, 11) is 0. The Morgan fingerprint density at radius 2 is 0.967 bits per heavy atom. The van der Waals surface area contributed by atoms with Crippen molar-refractivity contribution in [2.75, 3.05) is 0 Å². The molecule has 30 heavy (non-hydrogen) atoms. The summed E-state index contributed by atoms with van der Waals surface area (Å²) in [6.07, 6.45) is 6.87. The van der Waals surface area contributed by atoms with Crippen molar-refractivity contribution in [1.82, 2.24) is 0 Å². The Morgan fingerprint density at radius 3 is 1.50 bits per heavy atom. The molecule has 0 spiro atoms. The van der Waals surface area contributed by atoms with Gasteiger partial charge in [-0.3, -0.25) is 4.79 Å². The van der Waals surface area contributed by atoms with Crippen molar-refractivity contribution in [3.8, 4) is 0 Å². The Balaban J connectivity index is 1.80. The molecule has 0 atom stereocenters. The van der Waals surface area contributed by atoms with Crippen LogP contribution in [0.1, 0.15) is 11.1 Å². The van der Waals surface area contributed by atoms with Crippen LogP contribution in [0.25, 0.3) is 11.4 Å². The lowest BCUT2D eigenvalue weighted by molar-refractivity contribution is -0.110. The Morgan fingerprint density at radius 1 is 0.500 bits per heavy atom. The SMILES string of the molecule is O=C1C=CC(=c2ccccc2=C2N=C(c3ccccc3)C(c3ccccc3)=N2)C=C1. The van der Waals surface area contributed by atoms with E-state index in [0.717, 1.165) is 38.6 Å². The number of carbonyl (C=O) groups is 1. The fourth-order valence-electron chi connectivity index (χ4n) is 3.62. The van der Waals surface area contributed by atoms with E-state index in [-0.39, 0.29) is 5.78 Å². The zero-order valence-corrected chi connectivity index (χ0v) is 16.2. The molecule has 5 rings (SSSR count). The van der Waals surface area contributed by atoms with Crippen molar-refractivity contribution in [1.29, 1.82) is 0 Å². The lowest BCUT2D eigenvalue weighted by Crippen LogP contribution is -2.27. The summed E-state index contributed by atoms with van der Waals surface area (Å²) in [5, 5.41) is 1.94. The summed E-state index contributed by atoms with van der Waals surface area (Å²) in [5.41, 5.74) is 4.76. The predicted octanol–water partition coefficient (Wildman–Crippen LogP) is 3.59. The summed E-state index contributed by atoms with van der Waals surface area (Å²) in [6, 6.07) is 28.3. The van der Waals surface area contributed by atoms with E-state index < -0.39 is 0 Å². The Hall–Kier alpha value is -4.11. The monoisotopic (exact) mass is 386 g/mol. The van der Waals surface area contributed by atoms with E-state index in [4.69, 9.17) is 9.98 Å². The number of aliphatic imine (C=N–C) groups is 2. The number of nitrogens with zero attached hydrogens (tertiary/aromatic N) is 2. The van der Waals surface area contributed by atoms with Crippen LogP contribution in [-0.2, 0) is 4.79 Å². The molecule has 3 aromatic carbocycles. The summed E-state index contributed by atoms with van der Waals surface area (Å²) in [6.45, 7) is 0. The minimum absolute atomic E-state index is 0.00137. The summed E-state index contributed by atoms with van der Waals surface area (Å²) in [5.74, 6) is 0.674. The molecule has 0 N–H and O–H groups in total. The smallest absolute Gasteiger partial charge is 0.178 e. The maximum atomic E-state index is 11.5. The summed E-state index contributed by atoms with van der Waals surface area (Å²) < 4.78 is 0. The van der Waals surface area contributed by atoms with Crippen LogP contribution in [0.15, 0.2) is 119 Å². The highest BCUT2D eigenvalue weighted by Gasteiger charge is 2.21. The fraction of sp³-hybridized carbons (Fsp3) is 0. The molecular formula is C27H18N2O. The topological polar surface area (TPSA) is 41.8 Å². The van der Waals surface area contributed by atoms with Gasteiger partial charge in [0.25, 0.3) is 0 Å². The number of allylic oxidation sites excluding steroid dienone is 4. The molecule has 0 radical (unpaired) electrons. The molecule has 3 heteroatoms. The van der Waals surface area contributed by atoms with Crippen LogP contribution in [0.2, 0.25) is 0 Å². The average Bonchev–Trinajstić information content (AvgIpc) is 3.26. The average molecular weight is 386 g/mol. The van der Waals surface area contributed by atoms with Crippen LogP contribution in [0.4, 0.5) is 0 Å². The van der Waals surface area contributed by atoms with Gasteiger partial charge in [-0.25, -0.2) is 9.98 Å². The Labute approximate surface area is 174 Å². The second-order valence-corrected chi connectivity index (χ2v) is 7.05. The molecule has 1 aliphatic carbocycles. The van der Waals surface area contributed by atoms with Gasteiger partial charge in [0, 0.05) is 16.3 Å². The molecule has 3 nitrogen and oxygen atoms in total. The van der Waals surface area contributed by atoms with Crippen LogP contribution in [0, 0.1) is 0 Å². The fourth-order valence-corrected chi connectivity index (χ4v) is 3.62. The molecule has 0 unspecified atom stereocenters. The van der Waals surface area contributed by atoms with Gasteiger partial charge >= 0.3 is 0 Å². The van der Waals surface area contributed by atoms with Crippen molar-refractivity contribution in [3.05, 3.63) is 131 Å². The van der Waals surface area contributed by atoms with Gasteiger partial charge in [-0.1, -0.05) is 97.1 Å². The normalized spacial score (nSPS) is 15.4. The third-order valence-electron chi connectivity index (χ3n) is 5.09. The van der Waals surface area contributed by atoms with E-state index in [9.17, 15) is 4.79 Å². The first-order valence-corrected chi connectivity index (χ1v) is 9.82. The first kappa shape index (κ1) is 18.0. The van der Waals surface area contributed by atoms with Gasteiger partial charge in [0.05, 0.1) is 11.4 Å². The largest absolute Gasteiger partial charge is 0.290 e. The van der Waals surface area contributed by atoms with Gasteiger partial charge in [0.1, 0.15) is 0 Å². The molecule has 142 valence electrons. The van der Waals surface area contributed by atoms with E-state index in [2.05, 4.69) is 24.3 Å². The molecule has 1 aliphatic heterocycles. The maximum Gasteiger partial charge on any atom is 0.178 e. The first-order valence-electron chi connectivity index (χ1n) is 9.82. The first-order chi connectivity index (χ1) is 14.8. The van der Waals surface area contributed by atoms with Gasteiger partial charge in [-0.05, 0) is 22.9 Å². The van der Waals surface area contributed by atoms with Gasteiger partial charge < -0.3 is 0 Å². The second kappa shape index (κ2) is 7.72. The minimum atomic E-state index is -0.00137. The minimum Gasteiger partial charge on any atom is -0.290 e. The molecular weight excluding hydrogens is 368 g/mol. The lowest BCUT2D eigenvalue weighted by Gasteiger charge is -2.04. The Kier molecular flexibility index (Phi) is 4.62. The zero-order chi connectivity index (χ0) is 20.3. The van der Waals surface area contributed by atoms with Gasteiger partial charge in [-0.2, -0.15) is 0 Å². The van der Waals surface area contributed by atoms with E-state index >= 15 is 0 Å². The third-order valence-corrected chi connectivity index (χ3v) is 5.09. The van der Waals surface area contributed by atoms with E-state index in [1.807, 2.05) is 72.8 Å². The number of hydrogen-bond acceptors (Lipinski definition) is 3. The van der Waals surface area contributed by atoms with Crippen LogP contribution < -0.4 is 10.4 Å². The van der Waals surface area contributed by atoms with Crippen molar-refractivity contribution in [2.45, 2.75) is 0 Å². The van der Waals surface area contributed by atoms with Crippen LogP contribution in [0.3, 0.4) is 0 Å². The van der Waals surface area contributed by atoms with Gasteiger partial charge in [-0.15, -0.1) is 0 Å². The molecule has 0 saturated carbocycles. The standard InChI is InChI=1S/C27H18N2O/c30-22-17-15-19(16-18-22)23-13-7-8-14-24(23)27-28-25(20-9-3-1-4-10-20)26(29-27)21-11-5-2-6-12-21/h1-18H. The van der Waals surface area contributed by atoms with Crippen molar-refractivity contribution in [2.24, 2.45) is 9.98 Å². The summed E-state index contributed by atoms with van der Waals surface area (Å²) in [4.78, 5) is 21.5. The molecule has 0 fully saturated rings. The zero-order valence-electron chi connectivity index (χ0n) is 16.2. The number of hydrogen-bond donors (Lipinski definition) is 0. The molecule has 3 aromatic rings. The molecule has 0 amide bonds. The van der Waals surface area contributed by atoms with Gasteiger partial charge in [0.2, 0.25) is 0 Å². The van der Waals surface area contributed by atoms with Gasteiger partial charge in [0.15, 0.2) is 11.6 Å². The molecule has 0 saturated heterocycles. The lowest BCUT2D eigenvalue weighted by atomic mass is 10.0. The van der Waals surface area contributed by atoms with Crippen molar-refractivity contribution >= 4 is 28.6 Å². The van der Waals surface area contributed by atoms with Crippen molar-refractivity contribution < 1.29 is 4.79 Å².